The van der Waals surface area contributed by atoms with Crippen LogP contribution in [0, 0.1) is 6.92 Å². The van der Waals surface area contributed by atoms with Gasteiger partial charge in [-0.1, -0.05) is 6.07 Å². The number of aliphatic hydroxyl groups excluding tert-OH is 2. The van der Waals surface area contributed by atoms with Crippen LogP contribution in [0.2, 0.25) is 0 Å². The lowest BCUT2D eigenvalue weighted by atomic mass is 10.2. The summed E-state index contributed by atoms with van der Waals surface area (Å²) in [4.78, 5) is 4.08. The van der Waals surface area contributed by atoms with Crippen molar-refractivity contribution in [3.05, 3.63) is 23.9 Å². The van der Waals surface area contributed by atoms with Gasteiger partial charge in [0.25, 0.3) is 0 Å². The average molecular weight is 182 g/mol. The van der Waals surface area contributed by atoms with Crippen molar-refractivity contribution in [2.24, 2.45) is 0 Å². The fourth-order valence-corrected chi connectivity index (χ4v) is 0.979. The molecular formula is C9H14N2O2. The molecule has 0 bridgehead atoms. The molecule has 0 fully saturated rings. The molecule has 0 amide bonds. The van der Waals surface area contributed by atoms with Crippen molar-refractivity contribution in [3.8, 4) is 0 Å². The van der Waals surface area contributed by atoms with Crippen LogP contribution in [0.1, 0.15) is 5.56 Å². The molecule has 1 heterocycles. The number of aryl methyl sites for hydroxylation is 1. The van der Waals surface area contributed by atoms with E-state index in [9.17, 15) is 0 Å². The van der Waals surface area contributed by atoms with Gasteiger partial charge in [0.2, 0.25) is 0 Å². The van der Waals surface area contributed by atoms with Gasteiger partial charge in [-0.25, -0.2) is 4.98 Å². The number of aromatic nitrogens is 1. The molecular weight excluding hydrogens is 168 g/mol. The molecule has 13 heavy (non-hydrogen) atoms. The molecule has 72 valence electrons. The van der Waals surface area contributed by atoms with Crippen molar-refractivity contribution < 1.29 is 10.2 Å². The van der Waals surface area contributed by atoms with Crippen molar-refractivity contribution in [1.29, 1.82) is 0 Å². The standard InChI is InChI=1S/C9H14N2O2/c1-7-3-2-4-10-9(7)11-8(5-12)6-13/h2-4,8,12-13H,5-6H2,1H3,(H,10,11). The molecule has 4 nitrogen and oxygen atoms in total. The molecule has 0 spiro atoms. The Kier molecular flexibility index (Phi) is 3.67. The molecule has 0 unspecified atom stereocenters. The highest BCUT2D eigenvalue weighted by atomic mass is 16.3. The van der Waals surface area contributed by atoms with Crippen molar-refractivity contribution in [1.82, 2.24) is 4.98 Å². The summed E-state index contributed by atoms with van der Waals surface area (Å²) in [5, 5.41) is 20.6. The zero-order valence-electron chi connectivity index (χ0n) is 7.57. The molecule has 4 heteroatoms. The maximum absolute atomic E-state index is 8.83. The number of rotatable bonds is 4. The van der Waals surface area contributed by atoms with E-state index >= 15 is 0 Å². The van der Waals surface area contributed by atoms with E-state index in [-0.39, 0.29) is 19.3 Å². The van der Waals surface area contributed by atoms with Crippen molar-refractivity contribution in [2.45, 2.75) is 13.0 Å². The molecule has 3 N–H and O–H groups in total. The maximum Gasteiger partial charge on any atom is 0.129 e. The molecule has 0 radical (unpaired) electrons. The quantitative estimate of drug-likeness (QED) is 0.620. The molecule has 0 aliphatic carbocycles. The zero-order valence-corrected chi connectivity index (χ0v) is 7.57. The SMILES string of the molecule is Cc1cccnc1NC(CO)CO. The van der Waals surface area contributed by atoms with Gasteiger partial charge in [0.1, 0.15) is 5.82 Å². The number of hydrogen-bond donors (Lipinski definition) is 3. The molecule has 0 atom stereocenters. The van der Waals surface area contributed by atoms with Crippen molar-refractivity contribution in [2.75, 3.05) is 18.5 Å². The molecule has 0 saturated carbocycles. The van der Waals surface area contributed by atoms with Crippen LogP contribution < -0.4 is 5.32 Å². The van der Waals surface area contributed by atoms with E-state index in [0.717, 1.165) is 5.56 Å². The Balaban J connectivity index is 2.67. The Morgan fingerprint density at radius 3 is 2.69 bits per heavy atom. The fraction of sp³-hybridized carbons (Fsp3) is 0.444. The predicted octanol–water partition coefficient (Wildman–Crippen LogP) is 0.155. The van der Waals surface area contributed by atoms with Crippen LogP contribution in [-0.2, 0) is 0 Å². The minimum absolute atomic E-state index is 0.105. The van der Waals surface area contributed by atoms with Gasteiger partial charge in [0.05, 0.1) is 19.3 Å². The smallest absolute Gasteiger partial charge is 0.129 e. The highest BCUT2D eigenvalue weighted by Gasteiger charge is 2.06. The average Bonchev–Trinajstić information content (AvgIpc) is 2.17. The number of nitrogens with one attached hydrogen (secondary N) is 1. The Bertz CT molecular complexity index is 262. The highest BCUT2D eigenvalue weighted by Crippen LogP contribution is 2.09. The number of pyridine rings is 1. The summed E-state index contributed by atoms with van der Waals surface area (Å²) in [6.45, 7) is 1.71. The van der Waals surface area contributed by atoms with Gasteiger partial charge < -0.3 is 15.5 Å². The van der Waals surface area contributed by atoms with Crippen LogP contribution in [-0.4, -0.2) is 34.5 Å². The maximum atomic E-state index is 8.83. The van der Waals surface area contributed by atoms with Crippen molar-refractivity contribution >= 4 is 5.82 Å². The first-order valence-electron chi connectivity index (χ1n) is 4.17. The topological polar surface area (TPSA) is 65.4 Å². The van der Waals surface area contributed by atoms with Gasteiger partial charge in [-0.05, 0) is 18.6 Å². The minimum atomic E-state index is -0.339. The summed E-state index contributed by atoms with van der Waals surface area (Å²) in [5.41, 5.74) is 0.995. The predicted molar refractivity (Wildman–Crippen MR) is 50.6 cm³/mol. The summed E-state index contributed by atoms with van der Waals surface area (Å²) >= 11 is 0. The molecule has 0 aliphatic rings. The van der Waals surface area contributed by atoms with Gasteiger partial charge in [-0.3, -0.25) is 0 Å². The van der Waals surface area contributed by atoms with Crippen LogP contribution in [0.5, 0.6) is 0 Å². The van der Waals surface area contributed by atoms with E-state index in [4.69, 9.17) is 10.2 Å². The monoisotopic (exact) mass is 182 g/mol. The van der Waals surface area contributed by atoms with Crippen LogP contribution in [0.4, 0.5) is 5.82 Å². The lowest BCUT2D eigenvalue weighted by molar-refractivity contribution is 0.203. The van der Waals surface area contributed by atoms with Crippen LogP contribution in [0.3, 0.4) is 0 Å². The third kappa shape index (κ3) is 2.68. The summed E-state index contributed by atoms with van der Waals surface area (Å²) in [5.74, 6) is 0.704. The molecule has 1 rings (SSSR count). The normalized spacial score (nSPS) is 10.5. The second-order valence-corrected chi connectivity index (χ2v) is 2.88. The van der Waals surface area contributed by atoms with E-state index < -0.39 is 0 Å². The summed E-state index contributed by atoms with van der Waals surface area (Å²) in [6.07, 6.45) is 1.67. The first-order valence-corrected chi connectivity index (χ1v) is 4.17. The molecule has 1 aromatic rings. The first kappa shape index (κ1) is 9.95. The van der Waals surface area contributed by atoms with E-state index in [1.807, 2.05) is 19.1 Å². The molecule has 0 aromatic carbocycles. The summed E-state index contributed by atoms with van der Waals surface area (Å²) in [7, 11) is 0. The lowest BCUT2D eigenvalue weighted by Gasteiger charge is -2.15. The Labute approximate surface area is 77.2 Å². The Morgan fingerprint density at radius 2 is 2.15 bits per heavy atom. The van der Waals surface area contributed by atoms with Gasteiger partial charge in [-0.2, -0.15) is 0 Å². The number of nitrogens with zero attached hydrogens (tertiary/aromatic N) is 1. The van der Waals surface area contributed by atoms with Gasteiger partial charge in [-0.15, -0.1) is 0 Å². The fourth-order valence-electron chi connectivity index (χ4n) is 0.979. The minimum Gasteiger partial charge on any atom is -0.394 e. The largest absolute Gasteiger partial charge is 0.394 e. The second kappa shape index (κ2) is 4.79. The third-order valence-electron chi connectivity index (χ3n) is 1.79. The first-order chi connectivity index (χ1) is 6.27. The number of aliphatic hydroxyl groups is 2. The van der Waals surface area contributed by atoms with E-state index in [1.165, 1.54) is 0 Å². The molecule has 0 aliphatic heterocycles. The van der Waals surface area contributed by atoms with E-state index in [1.54, 1.807) is 6.20 Å². The number of hydrogen-bond acceptors (Lipinski definition) is 4. The zero-order chi connectivity index (χ0) is 9.68. The Morgan fingerprint density at radius 1 is 1.46 bits per heavy atom. The van der Waals surface area contributed by atoms with Crippen LogP contribution >= 0.6 is 0 Å². The summed E-state index contributed by atoms with van der Waals surface area (Å²) < 4.78 is 0. The van der Waals surface area contributed by atoms with E-state index in [0.29, 0.717) is 5.82 Å². The van der Waals surface area contributed by atoms with E-state index in [2.05, 4.69) is 10.3 Å². The Hall–Kier alpha value is -1.13. The van der Waals surface area contributed by atoms with Gasteiger partial charge in [0, 0.05) is 6.20 Å². The molecule has 0 saturated heterocycles. The highest BCUT2D eigenvalue weighted by molar-refractivity contribution is 5.43. The summed E-state index contributed by atoms with van der Waals surface area (Å²) in [6, 6.07) is 3.42. The third-order valence-corrected chi connectivity index (χ3v) is 1.79. The van der Waals surface area contributed by atoms with Crippen LogP contribution in [0.15, 0.2) is 18.3 Å². The van der Waals surface area contributed by atoms with Crippen molar-refractivity contribution in [3.63, 3.8) is 0 Å². The number of anilines is 1. The molecule has 1 aromatic heterocycles. The van der Waals surface area contributed by atoms with Gasteiger partial charge in [0.15, 0.2) is 0 Å². The lowest BCUT2D eigenvalue weighted by Crippen LogP contribution is -2.28. The second-order valence-electron chi connectivity index (χ2n) is 2.88. The van der Waals surface area contributed by atoms with Crippen LogP contribution in [0.25, 0.3) is 0 Å². The van der Waals surface area contributed by atoms with Gasteiger partial charge >= 0.3 is 0 Å².